The molecular formula is C16H25N3O. The number of rotatable bonds is 9. The van der Waals surface area contributed by atoms with Gasteiger partial charge in [0.05, 0.1) is 11.0 Å². The normalized spacial score (nSPS) is 11.3. The van der Waals surface area contributed by atoms with Crippen molar-refractivity contribution in [3.8, 4) is 0 Å². The molecule has 0 atom stereocenters. The Morgan fingerprint density at radius 1 is 1.15 bits per heavy atom. The molecule has 110 valence electrons. The predicted octanol–water partition coefficient (Wildman–Crippen LogP) is 2.74. The molecule has 0 radical (unpaired) electrons. The van der Waals surface area contributed by atoms with Gasteiger partial charge in [-0.25, -0.2) is 4.98 Å². The Bertz CT molecular complexity index is 521. The van der Waals surface area contributed by atoms with Crippen molar-refractivity contribution in [2.75, 3.05) is 20.3 Å². The number of aromatic nitrogens is 2. The number of unbranched alkanes of at least 4 members (excludes halogenated alkanes) is 2. The number of fused-ring (bicyclic) bond motifs is 1. The molecule has 2 rings (SSSR count). The zero-order valence-corrected chi connectivity index (χ0v) is 12.3. The van der Waals surface area contributed by atoms with Gasteiger partial charge in [-0.15, -0.1) is 0 Å². The third-order valence-electron chi connectivity index (χ3n) is 3.57. The average Bonchev–Trinajstić information content (AvgIpc) is 2.82. The first-order valence-corrected chi connectivity index (χ1v) is 7.50. The van der Waals surface area contributed by atoms with Crippen molar-refractivity contribution in [3.63, 3.8) is 0 Å². The molecule has 4 nitrogen and oxygen atoms in total. The largest absolute Gasteiger partial charge is 0.385 e. The maximum Gasteiger partial charge on any atom is 0.109 e. The van der Waals surface area contributed by atoms with Gasteiger partial charge in [0, 0.05) is 26.7 Å². The standard InChI is InChI=1S/C16H25N3O/c1-20-13-7-12-19-15-9-5-4-8-14(15)18-16(19)10-3-2-6-11-17/h4-5,8-9H,2-3,6-7,10-13,17H2,1H3. The monoisotopic (exact) mass is 275 g/mol. The Hall–Kier alpha value is -1.39. The van der Waals surface area contributed by atoms with Crippen molar-refractivity contribution in [1.29, 1.82) is 0 Å². The van der Waals surface area contributed by atoms with E-state index in [-0.39, 0.29) is 0 Å². The van der Waals surface area contributed by atoms with E-state index in [0.29, 0.717) is 0 Å². The van der Waals surface area contributed by atoms with Gasteiger partial charge in [-0.3, -0.25) is 0 Å². The number of hydrogen-bond donors (Lipinski definition) is 1. The van der Waals surface area contributed by atoms with E-state index in [4.69, 9.17) is 15.5 Å². The van der Waals surface area contributed by atoms with Crippen LogP contribution in [0, 0.1) is 0 Å². The molecule has 0 saturated carbocycles. The minimum atomic E-state index is 0.782. The van der Waals surface area contributed by atoms with Crippen molar-refractivity contribution in [1.82, 2.24) is 9.55 Å². The van der Waals surface area contributed by atoms with Crippen LogP contribution in [0.5, 0.6) is 0 Å². The van der Waals surface area contributed by atoms with Crippen molar-refractivity contribution in [2.24, 2.45) is 5.73 Å². The summed E-state index contributed by atoms with van der Waals surface area (Å²) in [5.74, 6) is 1.19. The summed E-state index contributed by atoms with van der Waals surface area (Å²) in [4.78, 5) is 4.78. The smallest absolute Gasteiger partial charge is 0.109 e. The number of imidazole rings is 1. The van der Waals surface area contributed by atoms with E-state index in [1.54, 1.807) is 7.11 Å². The van der Waals surface area contributed by atoms with Crippen LogP contribution >= 0.6 is 0 Å². The van der Waals surface area contributed by atoms with Gasteiger partial charge in [-0.2, -0.15) is 0 Å². The lowest BCUT2D eigenvalue weighted by molar-refractivity contribution is 0.190. The number of aryl methyl sites for hydroxylation is 2. The summed E-state index contributed by atoms with van der Waals surface area (Å²) in [5, 5.41) is 0. The molecule has 20 heavy (non-hydrogen) atoms. The van der Waals surface area contributed by atoms with E-state index in [9.17, 15) is 0 Å². The van der Waals surface area contributed by atoms with Gasteiger partial charge in [-0.05, 0) is 37.9 Å². The lowest BCUT2D eigenvalue weighted by atomic mass is 10.2. The van der Waals surface area contributed by atoms with Crippen molar-refractivity contribution < 1.29 is 4.74 Å². The predicted molar refractivity (Wildman–Crippen MR) is 82.8 cm³/mol. The van der Waals surface area contributed by atoms with Gasteiger partial charge in [0.2, 0.25) is 0 Å². The van der Waals surface area contributed by atoms with Crippen LogP contribution in [0.1, 0.15) is 31.5 Å². The number of nitrogens with zero attached hydrogens (tertiary/aromatic N) is 2. The fraction of sp³-hybridized carbons (Fsp3) is 0.562. The van der Waals surface area contributed by atoms with Gasteiger partial charge < -0.3 is 15.0 Å². The number of hydrogen-bond acceptors (Lipinski definition) is 3. The number of methoxy groups -OCH3 is 1. The number of benzene rings is 1. The molecule has 2 N–H and O–H groups in total. The van der Waals surface area contributed by atoms with E-state index in [1.807, 2.05) is 6.07 Å². The Balaban J connectivity index is 2.11. The first kappa shape index (κ1) is 15.0. The van der Waals surface area contributed by atoms with E-state index in [2.05, 4.69) is 22.8 Å². The summed E-state index contributed by atoms with van der Waals surface area (Å²) in [6.07, 6.45) is 5.49. The van der Waals surface area contributed by atoms with Gasteiger partial charge >= 0.3 is 0 Å². The zero-order chi connectivity index (χ0) is 14.2. The molecule has 2 aromatic rings. The highest BCUT2D eigenvalue weighted by Crippen LogP contribution is 2.18. The van der Waals surface area contributed by atoms with Crippen LogP contribution in [0.3, 0.4) is 0 Å². The van der Waals surface area contributed by atoms with E-state index in [0.717, 1.165) is 50.9 Å². The first-order chi connectivity index (χ1) is 9.86. The molecule has 1 aromatic heterocycles. The van der Waals surface area contributed by atoms with Gasteiger partial charge in [0.25, 0.3) is 0 Å². The fourth-order valence-corrected chi connectivity index (χ4v) is 2.54. The second-order valence-electron chi connectivity index (χ2n) is 5.11. The average molecular weight is 275 g/mol. The minimum Gasteiger partial charge on any atom is -0.385 e. The van der Waals surface area contributed by atoms with Crippen LogP contribution in [0.4, 0.5) is 0 Å². The highest BCUT2D eigenvalue weighted by molar-refractivity contribution is 5.75. The SMILES string of the molecule is COCCCn1c(CCCCCN)nc2ccccc21. The maximum atomic E-state index is 5.55. The van der Waals surface area contributed by atoms with E-state index >= 15 is 0 Å². The van der Waals surface area contributed by atoms with Crippen molar-refractivity contribution in [3.05, 3.63) is 30.1 Å². The molecule has 0 amide bonds. The molecule has 0 saturated heterocycles. The van der Waals surface area contributed by atoms with Crippen LogP contribution in [-0.4, -0.2) is 29.8 Å². The third kappa shape index (κ3) is 3.81. The topological polar surface area (TPSA) is 53.1 Å². The second-order valence-corrected chi connectivity index (χ2v) is 5.11. The van der Waals surface area contributed by atoms with Crippen LogP contribution in [0.15, 0.2) is 24.3 Å². The summed E-state index contributed by atoms with van der Waals surface area (Å²) >= 11 is 0. The Morgan fingerprint density at radius 3 is 2.80 bits per heavy atom. The Kier molecular flexibility index (Phi) is 6.02. The molecule has 0 bridgehead atoms. The zero-order valence-electron chi connectivity index (χ0n) is 12.3. The number of ether oxygens (including phenoxy) is 1. The molecule has 0 aliphatic rings. The molecule has 1 aromatic carbocycles. The van der Waals surface area contributed by atoms with E-state index < -0.39 is 0 Å². The molecule has 0 aliphatic heterocycles. The quantitative estimate of drug-likeness (QED) is 0.716. The fourth-order valence-electron chi connectivity index (χ4n) is 2.54. The number of nitrogens with two attached hydrogens (primary N) is 1. The molecule has 0 aliphatic carbocycles. The van der Waals surface area contributed by atoms with Gasteiger partial charge in [0.1, 0.15) is 5.82 Å². The lowest BCUT2D eigenvalue weighted by Gasteiger charge is -2.09. The van der Waals surface area contributed by atoms with Crippen LogP contribution in [-0.2, 0) is 17.7 Å². The highest BCUT2D eigenvalue weighted by atomic mass is 16.5. The van der Waals surface area contributed by atoms with Crippen molar-refractivity contribution in [2.45, 2.75) is 38.6 Å². The second kappa shape index (κ2) is 8.02. The molecule has 1 heterocycles. The van der Waals surface area contributed by atoms with Gasteiger partial charge in [-0.1, -0.05) is 18.6 Å². The maximum absolute atomic E-state index is 5.55. The summed E-state index contributed by atoms with van der Waals surface area (Å²) in [6.45, 7) is 2.55. The summed E-state index contributed by atoms with van der Waals surface area (Å²) in [7, 11) is 1.75. The lowest BCUT2D eigenvalue weighted by Crippen LogP contribution is -2.07. The van der Waals surface area contributed by atoms with Crippen LogP contribution in [0.25, 0.3) is 11.0 Å². The van der Waals surface area contributed by atoms with Crippen molar-refractivity contribution >= 4 is 11.0 Å². The molecular weight excluding hydrogens is 250 g/mol. The van der Waals surface area contributed by atoms with E-state index in [1.165, 1.54) is 17.8 Å². The Labute approximate surface area is 120 Å². The summed E-state index contributed by atoms with van der Waals surface area (Å²) in [5.41, 5.74) is 7.88. The Morgan fingerprint density at radius 2 is 2.00 bits per heavy atom. The highest BCUT2D eigenvalue weighted by Gasteiger charge is 2.09. The third-order valence-corrected chi connectivity index (χ3v) is 3.57. The summed E-state index contributed by atoms with van der Waals surface area (Å²) < 4.78 is 7.50. The molecule has 0 spiro atoms. The first-order valence-electron chi connectivity index (χ1n) is 7.50. The molecule has 4 heteroatoms. The summed E-state index contributed by atoms with van der Waals surface area (Å²) in [6, 6.07) is 8.37. The minimum absolute atomic E-state index is 0.782. The van der Waals surface area contributed by atoms with Gasteiger partial charge in [0.15, 0.2) is 0 Å². The molecule has 0 fully saturated rings. The van der Waals surface area contributed by atoms with Crippen LogP contribution in [0.2, 0.25) is 0 Å². The number of para-hydroxylation sites is 2. The molecule has 0 unspecified atom stereocenters. The van der Waals surface area contributed by atoms with Crippen LogP contribution < -0.4 is 5.73 Å².